The minimum Gasteiger partial charge on any atom is -0.478 e. The first-order valence-corrected chi connectivity index (χ1v) is 3.67. The standard InChI is InChI=1S/C9H8NO3/c11-6-10-5-7-3-1-2-4-8(7)9(12)13/h1-4H,5H2,(H,10,11)(H,12,13). The van der Waals surface area contributed by atoms with Gasteiger partial charge in [0.15, 0.2) is 0 Å². The molecule has 0 saturated heterocycles. The van der Waals surface area contributed by atoms with E-state index in [4.69, 9.17) is 5.11 Å². The van der Waals surface area contributed by atoms with Crippen LogP contribution in [0.15, 0.2) is 24.3 Å². The van der Waals surface area contributed by atoms with E-state index in [2.05, 4.69) is 5.32 Å². The molecule has 4 nitrogen and oxygen atoms in total. The lowest BCUT2D eigenvalue weighted by Crippen LogP contribution is -2.13. The molecule has 1 radical (unpaired) electrons. The number of amides is 1. The number of hydrogen-bond acceptors (Lipinski definition) is 2. The van der Waals surface area contributed by atoms with Crippen molar-refractivity contribution in [3.8, 4) is 0 Å². The maximum Gasteiger partial charge on any atom is 0.336 e. The number of carboxylic acid groups (broad SMARTS) is 1. The molecule has 0 aliphatic carbocycles. The number of aromatic carboxylic acids is 1. The van der Waals surface area contributed by atoms with Gasteiger partial charge in [-0.15, -0.1) is 0 Å². The molecule has 1 aromatic carbocycles. The van der Waals surface area contributed by atoms with Gasteiger partial charge in [-0.1, -0.05) is 18.2 Å². The second kappa shape index (κ2) is 4.25. The van der Waals surface area contributed by atoms with Gasteiger partial charge in [-0.25, -0.2) is 4.79 Å². The Morgan fingerprint density at radius 2 is 2.15 bits per heavy atom. The number of benzene rings is 1. The van der Waals surface area contributed by atoms with Gasteiger partial charge in [0, 0.05) is 6.54 Å². The van der Waals surface area contributed by atoms with Gasteiger partial charge in [0.25, 0.3) is 0 Å². The zero-order valence-corrected chi connectivity index (χ0v) is 6.78. The van der Waals surface area contributed by atoms with E-state index in [1.54, 1.807) is 18.2 Å². The van der Waals surface area contributed by atoms with Crippen LogP contribution in [0.1, 0.15) is 15.9 Å². The fourth-order valence-electron chi connectivity index (χ4n) is 1.01. The van der Waals surface area contributed by atoms with E-state index < -0.39 is 5.97 Å². The van der Waals surface area contributed by atoms with E-state index in [-0.39, 0.29) is 12.1 Å². The van der Waals surface area contributed by atoms with Crippen LogP contribution in [0.2, 0.25) is 0 Å². The summed E-state index contributed by atoms with van der Waals surface area (Å²) in [4.78, 5) is 20.5. The summed E-state index contributed by atoms with van der Waals surface area (Å²) in [6.07, 6.45) is 1.49. The third-order valence-corrected chi connectivity index (χ3v) is 1.60. The highest BCUT2D eigenvalue weighted by atomic mass is 16.4. The molecule has 2 N–H and O–H groups in total. The van der Waals surface area contributed by atoms with Crippen LogP contribution in [0.4, 0.5) is 0 Å². The number of carbonyl (C=O) groups excluding carboxylic acids is 1. The smallest absolute Gasteiger partial charge is 0.336 e. The maximum atomic E-state index is 10.7. The molecule has 0 saturated carbocycles. The molecule has 0 aliphatic rings. The van der Waals surface area contributed by atoms with Crippen LogP contribution in [0.3, 0.4) is 0 Å². The van der Waals surface area contributed by atoms with E-state index >= 15 is 0 Å². The van der Waals surface area contributed by atoms with Gasteiger partial charge in [0.1, 0.15) is 0 Å². The molecule has 13 heavy (non-hydrogen) atoms. The Labute approximate surface area is 75.2 Å². The van der Waals surface area contributed by atoms with Crippen molar-refractivity contribution in [1.29, 1.82) is 0 Å². The maximum absolute atomic E-state index is 10.7. The molecule has 0 aliphatic heterocycles. The minimum atomic E-state index is -0.997. The van der Waals surface area contributed by atoms with Crippen molar-refractivity contribution in [2.24, 2.45) is 0 Å². The van der Waals surface area contributed by atoms with Crippen LogP contribution < -0.4 is 5.32 Å². The summed E-state index contributed by atoms with van der Waals surface area (Å²) in [6, 6.07) is 6.49. The molecule has 0 bridgehead atoms. The Kier molecular flexibility index (Phi) is 3.03. The minimum absolute atomic E-state index is 0.186. The Bertz CT molecular complexity index is 322. The average Bonchev–Trinajstić information content (AvgIpc) is 2.15. The van der Waals surface area contributed by atoms with E-state index in [1.165, 1.54) is 12.5 Å². The molecule has 0 atom stereocenters. The highest BCUT2D eigenvalue weighted by Gasteiger charge is 2.07. The number of rotatable bonds is 4. The normalized spacial score (nSPS) is 9.23. The van der Waals surface area contributed by atoms with Gasteiger partial charge in [-0.05, 0) is 11.6 Å². The number of nitrogens with one attached hydrogen (secondary N) is 1. The highest BCUT2D eigenvalue weighted by molar-refractivity contribution is 5.89. The van der Waals surface area contributed by atoms with E-state index in [1.807, 2.05) is 0 Å². The second-order valence-corrected chi connectivity index (χ2v) is 2.42. The average molecular weight is 178 g/mol. The first-order valence-electron chi connectivity index (χ1n) is 3.67. The van der Waals surface area contributed by atoms with Gasteiger partial charge >= 0.3 is 12.4 Å². The van der Waals surface area contributed by atoms with E-state index in [9.17, 15) is 9.59 Å². The summed E-state index contributed by atoms with van der Waals surface area (Å²) in [5.74, 6) is -0.997. The van der Waals surface area contributed by atoms with Gasteiger partial charge in [-0.3, -0.25) is 4.79 Å². The monoisotopic (exact) mass is 178 g/mol. The van der Waals surface area contributed by atoms with Crippen LogP contribution in [0, 0.1) is 0 Å². The summed E-state index contributed by atoms with van der Waals surface area (Å²) in [5.41, 5.74) is 0.767. The van der Waals surface area contributed by atoms with Crippen molar-refractivity contribution < 1.29 is 14.7 Å². The molecule has 1 aromatic rings. The molecular weight excluding hydrogens is 170 g/mol. The largest absolute Gasteiger partial charge is 0.478 e. The second-order valence-electron chi connectivity index (χ2n) is 2.42. The quantitative estimate of drug-likeness (QED) is 0.661. The fraction of sp³-hybridized carbons (Fsp3) is 0.111. The third kappa shape index (κ3) is 2.30. The van der Waals surface area contributed by atoms with Crippen molar-refractivity contribution in [3.63, 3.8) is 0 Å². The fourth-order valence-corrected chi connectivity index (χ4v) is 1.01. The Morgan fingerprint density at radius 1 is 1.46 bits per heavy atom. The van der Waals surface area contributed by atoms with Gasteiger partial charge in [-0.2, -0.15) is 0 Å². The van der Waals surface area contributed by atoms with Crippen molar-refractivity contribution in [3.05, 3.63) is 35.4 Å². The highest BCUT2D eigenvalue weighted by Crippen LogP contribution is 2.07. The van der Waals surface area contributed by atoms with Crippen molar-refractivity contribution >= 4 is 12.4 Å². The summed E-state index contributed by atoms with van der Waals surface area (Å²) < 4.78 is 0. The molecule has 0 aromatic heterocycles. The molecule has 0 unspecified atom stereocenters. The lowest BCUT2D eigenvalue weighted by atomic mass is 10.1. The number of carbonyl (C=O) groups is 1. The van der Waals surface area contributed by atoms with Crippen LogP contribution in [-0.4, -0.2) is 17.5 Å². The molecule has 0 spiro atoms. The summed E-state index contributed by atoms with van der Waals surface area (Å²) in [5, 5.41) is 11.0. The van der Waals surface area contributed by atoms with Gasteiger partial charge < -0.3 is 10.4 Å². The third-order valence-electron chi connectivity index (χ3n) is 1.60. The Morgan fingerprint density at radius 3 is 2.77 bits per heavy atom. The first kappa shape index (κ1) is 9.25. The number of carboxylic acids is 1. The Hall–Kier alpha value is -1.84. The topological polar surface area (TPSA) is 66.4 Å². The molecule has 4 heteroatoms. The molecule has 0 heterocycles. The predicted molar refractivity (Wildman–Crippen MR) is 45.9 cm³/mol. The van der Waals surface area contributed by atoms with Crippen LogP contribution in [-0.2, 0) is 11.3 Å². The summed E-state index contributed by atoms with van der Waals surface area (Å²) >= 11 is 0. The first-order chi connectivity index (χ1) is 6.25. The van der Waals surface area contributed by atoms with Crippen molar-refractivity contribution in [2.75, 3.05) is 0 Å². The SMILES string of the molecule is O=[C]NCc1ccccc1C(=O)O. The van der Waals surface area contributed by atoms with E-state index in [0.717, 1.165) is 0 Å². The van der Waals surface area contributed by atoms with Gasteiger partial charge in [0.05, 0.1) is 5.56 Å². The predicted octanol–water partition coefficient (Wildman–Crippen LogP) is 0.542. The van der Waals surface area contributed by atoms with E-state index in [0.29, 0.717) is 5.56 Å². The molecule has 67 valence electrons. The van der Waals surface area contributed by atoms with Crippen molar-refractivity contribution in [1.82, 2.24) is 5.32 Å². The molecule has 0 fully saturated rings. The zero-order valence-electron chi connectivity index (χ0n) is 6.78. The van der Waals surface area contributed by atoms with Gasteiger partial charge in [0.2, 0.25) is 0 Å². The number of hydrogen-bond donors (Lipinski definition) is 2. The lowest BCUT2D eigenvalue weighted by Gasteiger charge is -2.03. The Balaban J connectivity index is 2.90. The summed E-state index contributed by atoms with van der Waals surface area (Å²) in [6.45, 7) is 0.186. The van der Waals surface area contributed by atoms with Crippen LogP contribution in [0.5, 0.6) is 0 Å². The molecular formula is C9H8NO3. The molecule has 1 rings (SSSR count). The molecule has 1 amide bonds. The lowest BCUT2D eigenvalue weighted by molar-refractivity contribution is 0.0695. The summed E-state index contributed by atoms with van der Waals surface area (Å²) in [7, 11) is 0. The van der Waals surface area contributed by atoms with Crippen LogP contribution in [0.25, 0.3) is 0 Å². The van der Waals surface area contributed by atoms with Crippen LogP contribution >= 0.6 is 0 Å². The van der Waals surface area contributed by atoms with Crippen molar-refractivity contribution in [2.45, 2.75) is 6.54 Å². The zero-order chi connectivity index (χ0) is 9.68.